The van der Waals surface area contributed by atoms with Crippen LogP contribution in [0.5, 0.6) is 0 Å². The Labute approximate surface area is 68.7 Å². The van der Waals surface area contributed by atoms with Crippen LogP contribution in [-0.2, 0) is 4.74 Å². The van der Waals surface area contributed by atoms with Gasteiger partial charge in [-0.3, -0.25) is 0 Å². The van der Waals surface area contributed by atoms with Crippen molar-refractivity contribution in [1.82, 2.24) is 0 Å². The smallest absolute Gasteiger partial charge is 0.0546 e. The van der Waals surface area contributed by atoms with E-state index in [1.807, 2.05) is 0 Å². The molecule has 2 atom stereocenters. The average molecular weight is 165 g/mol. The molecule has 0 aliphatic rings. The summed E-state index contributed by atoms with van der Waals surface area (Å²) in [6.07, 6.45) is 2.58. The molecule has 0 aromatic carbocycles. The molecule has 0 aromatic rings. The molecule has 0 bridgehead atoms. The maximum atomic E-state index is 5.71. The van der Waals surface area contributed by atoms with Crippen LogP contribution >= 0.6 is 11.6 Å². The van der Waals surface area contributed by atoms with E-state index < -0.39 is 0 Å². The zero-order chi connectivity index (χ0) is 7.98. The maximum absolute atomic E-state index is 5.71. The van der Waals surface area contributed by atoms with Gasteiger partial charge in [-0.1, -0.05) is 13.3 Å². The fraction of sp³-hybridized carbons (Fsp3) is 1.00. The fourth-order valence-electron chi connectivity index (χ4n) is 0.904. The van der Waals surface area contributed by atoms with Crippen LogP contribution in [0.25, 0.3) is 0 Å². The average Bonchev–Trinajstić information content (AvgIpc) is 1.99. The van der Waals surface area contributed by atoms with Gasteiger partial charge >= 0.3 is 0 Å². The number of rotatable bonds is 5. The first-order valence-corrected chi connectivity index (χ1v) is 4.36. The second-order valence-corrected chi connectivity index (χ2v) is 3.02. The third kappa shape index (κ3) is 4.13. The second kappa shape index (κ2) is 5.99. The van der Waals surface area contributed by atoms with Crippen LogP contribution in [-0.4, -0.2) is 19.1 Å². The third-order valence-electron chi connectivity index (χ3n) is 1.86. The van der Waals surface area contributed by atoms with Crippen molar-refractivity contribution >= 4 is 11.6 Å². The molecule has 0 aliphatic carbocycles. The van der Waals surface area contributed by atoms with Gasteiger partial charge in [-0.05, 0) is 19.3 Å². The number of methoxy groups -OCH3 is 1. The van der Waals surface area contributed by atoms with E-state index in [0.717, 1.165) is 18.7 Å². The Balaban J connectivity index is 3.41. The van der Waals surface area contributed by atoms with E-state index in [1.54, 1.807) is 7.11 Å². The molecule has 0 spiro atoms. The molecule has 0 radical (unpaired) electrons. The molecule has 2 heteroatoms. The van der Waals surface area contributed by atoms with Crippen LogP contribution in [0.1, 0.15) is 26.7 Å². The van der Waals surface area contributed by atoms with Crippen LogP contribution in [0.3, 0.4) is 0 Å². The molecule has 0 aliphatic heterocycles. The Kier molecular flexibility index (Phi) is 6.14. The first-order valence-electron chi connectivity index (χ1n) is 3.83. The molecule has 62 valence electrons. The minimum atomic E-state index is 0.351. The summed E-state index contributed by atoms with van der Waals surface area (Å²) in [4.78, 5) is 0. The SMILES string of the molecule is CCC(CCl)CC(C)OC. The zero-order valence-corrected chi connectivity index (χ0v) is 7.82. The van der Waals surface area contributed by atoms with E-state index in [0.29, 0.717) is 12.0 Å². The minimum Gasteiger partial charge on any atom is -0.382 e. The lowest BCUT2D eigenvalue weighted by atomic mass is 10.0. The highest BCUT2D eigenvalue weighted by molar-refractivity contribution is 6.18. The normalized spacial score (nSPS) is 16.8. The van der Waals surface area contributed by atoms with Gasteiger partial charge < -0.3 is 4.74 Å². The van der Waals surface area contributed by atoms with Crippen LogP contribution in [0.4, 0.5) is 0 Å². The summed E-state index contributed by atoms with van der Waals surface area (Å²) < 4.78 is 5.13. The zero-order valence-electron chi connectivity index (χ0n) is 7.06. The van der Waals surface area contributed by atoms with Crippen molar-refractivity contribution < 1.29 is 4.74 Å². The van der Waals surface area contributed by atoms with Crippen molar-refractivity contribution in [2.75, 3.05) is 13.0 Å². The molecule has 2 unspecified atom stereocenters. The Hall–Kier alpha value is 0.250. The van der Waals surface area contributed by atoms with Crippen molar-refractivity contribution in [1.29, 1.82) is 0 Å². The molecular formula is C8H17ClO. The highest BCUT2D eigenvalue weighted by atomic mass is 35.5. The van der Waals surface area contributed by atoms with Gasteiger partial charge in [0, 0.05) is 13.0 Å². The Morgan fingerprint density at radius 3 is 2.40 bits per heavy atom. The van der Waals surface area contributed by atoms with E-state index in [4.69, 9.17) is 16.3 Å². The van der Waals surface area contributed by atoms with Gasteiger partial charge in [0.25, 0.3) is 0 Å². The minimum absolute atomic E-state index is 0.351. The first kappa shape index (κ1) is 10.2. The Bertz CT molecular complexity index is 71.7. The Morgan fingerprint density at radius 1 is 1.50 bits per heavy atom. The van der Waals surface area contributed by atoms with Gasteiger partial charge in [0.15, 0.2) is 0 Å². The maximum Gasteiger partial charge on any atom is 0.0546 e. The molecule has 1 nitrogen and oxygen atoms in total. The lowest BCUT2D eigenvalue weighted by Crippen LogP contribution is -2.12. The quantitative estimate of drug-likeness (QED) is 0.568. The van der Waals surface area contributed by atoms with Gasteiger partial charge in [-0.2, -0.15) is 0 Å². The van der Waals surface area contributed by atoms with E-state index in [9.17, 15) is 0 Å². The fourth-order valence-corrected chi connectivity index (χ4v) is 1.25. The van der Waals surface area contributed by atoms with Crippen LogP contribution < -0.4 is 0 Å². The molecule has 0 saturated carbocycles. The highest BCUT2D eigenvalue weighted by Crippen LogP contribution is 2.13. The van der Waals surface area contributed by atoms with E-state index in [1.165, 1.54) is 0 Å². The summed E-state index contributed by atoms with van der Waals surface area (Å²) in [6.45, 7) is 4.24. The van der Waals surface area contributed by atoms with Gasteiger partial charge in [0.2, 0.25) is 0 Å². The number of hydrogen-bond acceptors (Lipinski definition) is 1. The number of halogens is 1. The molecule has 0 rings (SSSR count). The summed E-state index contributed by atoms with van der Waals surface area (Å²) in [5, 5.41) is 0. The summed E-state index contributed by atoms with van der Waals surface area (Å²) in [6, 6.07) is 0. The largest absolute Gasteiger partial charge is 0.382 e. The van der Waals surface area contributed by atoms with E-state index in [2.05, 4.69) is 13.8 Å². The van der Waals surface area contributed by atoms with Gasteiger partial charge in [0.05, 0.1) is 6.10 Å². The lowest BCUT2D eigenvalue weighted by Gasteiger charge is -2.15. The second-order valence-electron chi connectivity index (χ2n) is 2.71. The van der Waals surface area contributed by atoms with Crippen LogP contribution in [0.15, 0.2) is 0 Å². The molecule has 0 saturated heterocycles. The van der Waals surface area contributed by atoms with Crippen molar-refractivity contribution in [2.45, 2.75) is 32.8 Å². The van der Waals surface area contributed by atoms with Crippen molar-refractivity contribution in [3.8, 4) is 0 Å². The van der Waals surface area contributed by atoms with E-state index in [-0.39, 0.29) is 0 Å². The molecule has 0 amide bonds. The highest BCUT2D eigenvalue weighted by Gasteiger charge is 2.08. The molecule has 0 N–H and O–H groups in total. The summed E-state index contributed by atoms with van der Waals surface area (Å²) >= 11 is 5.71. The summed E-state index contributed by atoms with van der Waals surface area (Å²) in [7, 11) is 1.74. The molecule has 0 fully saturated rings. The third-order valence-corrected chi connectivity index (χ3v) is 2.30. The number of alkyl halides is 1. The summed E-state index contributed by atoms with van der Waals surface area (Å²) in [5.74, 6) is 1.38. The Morgan fingerprint density at radius 2 is 2.10 bits per heavy atom. The molecule has 0 aromatic heterocycles. The van der Waals surface area contributed by atoms with Crippen molar-refractivity contribution in [2.24, 2.45) is 5.92 Å². The number of ether oxygens (including phenoxy) is 1. The van der Waals surface area contributed by atoms with Gasteiger partial charge in [0.1, 0.15) is 0 Å². The summed E-state index contributed by atoms with van der Waals surface area (Å²) in [5.41, 5.74) is 0. The predicted octanol–water partition coefficient (Wildman–Crippen LogP) is 2.68. The number of hydrogen-bond donors (Lipinski definition) is 0. The standard InChI is InChI=1S/C8H17ClO/c1-4-8(6-9)5-7(2)10-3/h7-8H,4-6H2,1-3H3. The monoisotopic (exact) mass is 164 g/mol. The van der Waals surface area contributed by atoms with Gasteiger partial charge in [-0.15, -0.1) is 11.6 Å². The van der Waals surface area contributed by atoms with Crippen molar-refractivity contribution in [3.05, 3.63) is 0 Å². The van der Waals surface area contributed by atoms with Crippen LogP contribution in [0.2, 0.25) is 0 Å². The first-order chi connectivity index (χ1) is 4.74. The molecule has 0 heterocycles. The van der Waals surface area contributed by atoms with Crippen LogP contribution in [0, 0.1) is 5.92 Å². The van der Waals surface area contributed by atoms with E-state index >= 15 is 0 Å². The van der Waals surface area contributed by atoms with Gasteiger partial charge in [-0.25, -0.2) is 0 Å². The molecular weight excluding hydrogens is 148 g/mol. The molecule has 10 heavy (non-hydrogen) atoms. The lowest BCUT2D eigenvalue weighted by molar-refractivity contribution is 0.0973. The predicted molar refractivity (Wildman–Crippen MR) is 45.6 cm³/mol. The van der Waals surface area contributed by atoms with Crippen molar-refractivity contribution in [3.63, 3.8) is 0 Å². The topological polar surface area (TPSA) is 9.23 Å².